The van der Waals surface area contributed by atoms with Gasteiger partial charge < -0.3 is 4.74 Å². The van der Waals surface area contributed by atoms with E-state index in [1.807, 2.05) is 48.5 Å². The average Bonchev–Trinajstić information content (AvgIpc) is 3.19. The number of hydrogen-bond acceptors (Lipinski definition) is 4. The van der Waals surface area contributed by atoms with Crippen molar-refractivity contribution in [1.29, 1.82) is 0 Å². The first kappa shape index (κ1) is 18.4. The van der Waals surface area contributed by atoms with Gasteiger partial charge >= 0.3 is 0 Å². The lowest BCUT2D eigenvalue weighted by molar-refractivity contribution is -0.00455. The zero-order valence-corrected chi connectivity index (χ0v) is 17.6. The maximum absolute atomic E-state index is 13.3. The summed E-state index contributed by atoms with van der Waals surface area (Å²) < 4.78 is 7.14. The van der Waals surface area contributed by atoms with Crippen molar-refractivity contribution in [1.82, 2.24) is 5.01 Å². The molecule has 2 heterocycles. The number of halogens is 2. The molecular weight excluding hydrogens is 452 g/mol. The van der Waals surface area contributed by atoms with E-state index in [0.717, 1.165) is 27.1 Å². The zero-order valence-electron chi connectivity index (χ0n) is 15.3. The molecule has 3 aromatic rings. The molecule has 0 bridgehead atoms. The number of fused-ring (bicyclic) bond motifs is 3. The highest BCUT2D eigenvalue weighted by molar-refractivity contribution is 9.10. The van der Waals surface area contributed by atoms with Crippen LogP contribution in [0.3, 0.4) is 0 Å². The van der Waals surface area contributed by atoms with E-state index < -0.39 is 6.23 Å². The number of ether oxygens (including phenoxy) is 1. The van der Waals surface area contributed by atoms with Crippen molar-refractivity contribution < 1.29 is 9.53 Å². The summed E-state index contributed by atoms with van der Waals surface area (Å²) in [6.07, 6.45) is -0.101. The summed E-state index contributed by atoms with van der Waals surface area (Å²) in [7, 11) is 0. The molecule has 0 radical (unpaired) electrons. The monoisotopic (exact) mass is 466 g/mol. The van der Waals surface area contributed by atoms with Crippen LogP contribution >= 0.6 is 27.5 Å². The van der Waals surface area contributed by atoms with E-state index >= 15 is 0 Å². The fourth-order valence-corrected chi connectivity index (χ4v) is 4.17. The summed E-state index contributed by atoms with van der Waals surface area (Å²) in [6, 6.07) is 22.7. The normalized spacial score (nSPS) is 19.8. The highest BCUT2D eigenvalue weighted by Crippen LogP contribution is 2.43. The molecule has 3 aromatic carbocycles. The van der Waals surface area contributed by atoms with Crippen LogP contribution in [0, 0.1) is 0 Å². The molecule has 0 amide bonds. The van der Waals surface area contributed by atoms with Crippen LogP contribution in [-0.4, -0.2) is 22.7 Å². The van der Waals surface area contributed by atoms with Gasteiger partial charge in [0, 0.05) is 27.0 Å². The number of para-hydroxylation sites is 1. The fourth-order valence-electron chi connectivity index (χ4n) is 3.78. The van der Waals surface area contributed by atoms with Crippen LogP contribution in [0.5, 0.6) is 5.75 Å². The minimum atomic E-state index is -0.816. The summed E-state index contributed by atoms with van der Waals surface area (Å²) in [5.41, 5.74) is 3.57. The molecule has 0 aromatic heterocycles. The van der Waals surface area contributed by atoms with E-state index in [1.54, 1.807) is 29.3 Å². The van der Waals surface area contributed by atoms with E-state index in [4.69, 9.17) is 21.4 Å². The highest BCUT2D eigenvalue weighted by atomic mass is 79.9. The van der Waals surface area contributed by atoms with Gasteiger partial charge in [0.15, 0.2) is 0 Å². The standard InChI is InChI=1S/C23H16BrClN2O2/c24-16-9-5-14(6-10-16)19-13-20-18-3-1-2-4-21(18)29-23(27(20)26-19)22(28)15-7-11-17(25)12-8-15/h1-12,20,23H,13H2/t20-,23-/m0/s1. The Bertz CT molecular complexity index is 1110. The molecule has 0 saturated carbocycles. The summed E-state index contributed by atoms with van der Waals surface area (Å²) in [6.45, 7) is 0. The van der Waals surface area contributed by atoms with Gasteiger partial charge in [0.05, 0.1) is 11.8 Å². The Kier molecular flexibility index (Phi) is 4.64. The van der Waals surface area contributed by atoms with Crippen LogP contribution in [0.25, 0.3) is 0 Å². The molecule has 0 aliphatic carbocycles. The summed E-state index contributed by atoms with van der Waals surface area (Å²) in [4.78, 5) is 13.3. The molecule has 0 unspecified atom stereocenters. The van der Waals surface area contributed by atoms with E-state index in [9.17, 15) is 4.79 Å². The molecule has 0 N–H and O–H groups in total. The maximum atomic E-state index is 13.3. The second-order valence-electron chi connectivity index (χ2n) is 7.03. The number of Topliss-reactive ketones (excluding diaryl/α,β-unsaturated/α-hetero) is 1. The molecule has 0 fully saturated rings. The Morgan fingerprint density at radius 2 is 1.76 bits per heavy atom. The van der Waals surface area contributed by atoms with E-state index in [-0.39, 0.29) is 11.8 Å². The van der Waals surface area contributed by atoms with Crippen molar-refractivity contribution >= 4 is 39.0 Å². The average molecular weight is 468 g/mol. The molecule has 0 saturated heterocycles. The smallest absolute Gasteiger partial charge is 0.251 e. The summed E-state index contributed by atoms with van der Waals surface area (Å²) in [5, 5.41) is 7.21. The summed E-state index contributed by atoms with van der Waals surface area (Å²) in [5.74, 6) is 0.593. The van der Waals surface area contributed by atoms with Gasteiger partial charge in [-0.25, -0.2) is 5.01 Å². The Morgan fingerprint density at radius 3 is 2.52 bits per heavy atom. The largest absolute Gasteiger partial charge is 0.461 e. The predicted octanol–water partition coefficient (Wildman–Crippen LogP) is 5.86. The number of rotatable bonds is 3. The highest BCUT2D eigenvalue weighted by Gasteiger charge is 2.43. The van der Waals surface area contributed by atoms with Crippen LogP contribution < -0.4 is 4.74 Å². The maximum Gasteiger partial charge on any atom is 0.251 e. The number of carbonyl (C=O) groups excluding carboxylic acids is 1. The van der Waals surface area contributed by atoms with Crippen LogP contribution in [0.15, 0.2) is 82.4 Å². The van der Waals surface area contributed by atoms with Crippen molar-refractivity contribution in [3.63, 3.8) is 0 Å². The van der Waals surface area contributed by atoms with Crippen LogP contribution in [0.4, 0.5) is 0 Å². The number of benzene rings is 3. The predicted molar refractivity (Wildman–Crippen MR) is 117 cm³/mol. The van der Waals surface area contributed by atoms with Gasteiger partial charge in [-0.3, -0.25) is 4.79 Å². The van der Waals surface area contributed by atoms with Crippen molar-refractivity contribution in [2.45, 2.75) is 18.7 Å². The lowest BCUT2D eigenvalue weighted by atomic mass is 9.96. The topological polar surface area (TPSA) is 41.9 Å². The zero-order chi connectivity index (χ0) is 20.0. The van der Waals surface area contributed by atoms with Crippen molar-refractivity contribution in [3.8, 4) is 5.75 Å². The Morgan fingerprint density at radius 1 is 1.03 bits per heavy atom. The molecule has 2 aliphatic heterocycles. The fraction of sp³-hybridized carbons (Fsp3) is 0.130. The van der Waals surface area contributed by atoms with Crippen LogP contribution in [0.2, 0.25) is 5.02 Å². The van der Waals surface area contributed by atoms with Crippen molar-refractivity contribution in [3.05, 3.63) is 99.0 Å². The van der Waals surface area contributed by atoms with Crippen LogP contribution in [-0.2, 0) is 0 Å². The molecule has 29 heavy (non-hydrogen) atoms. The molecule has 2 aliphatic rings. The van der Waals surface area contributed by atoms with E-state index in [0.29, 0.717) is 17.0 Å². The van der Waals surface area contributed by atoms with Gasteiger partial charge in [0.25, 0.3) is 6.23 Å². The van der Waals surface area contributed by atoms with Crippen molar-refractivity contribution in [2.24, 2.45) is 5.10 Å². The minimum Gasteiger partial charge on any atom is -0.461 e. The Hall–Kier alpha value is -2.63. The van der Waals surface area contributed by atoms with Gasteiger partial charge in [-0.05, 0) is 48.0 Å². The number of hydrazone groups is 1. The Balaban J connectivity index is 1.55. The van der Waals surface area contributed by atoms with Gasteiger partial charge in [0.2, 0.25) is 5.78 Å². The molecule has 2 atom stereocenters. The first-order valence-corrected chi connectivity index (χ1v) is 10.4. The second kappa shape index (κ2) is 7.32. The van der Waals surface area contributed by atoms with E-state index in [1.165, 1.54) is 0 Å². The second-order valence-corrected chi connectivity index (χ2v) is 8.38. The quantitative estimate of drug-likeness (QED) is 0.453. The molecule has 144 valence electrons. The summed E-state index contributed by atoms with van der Waals surface area (Å²) >= 11 is 9.45. The van der Waals surface area contributed by atoms with Gasteiger partial charge in [-0.15, -0.1) is 0 Å². The van der Waals surface area contributed by atoms with Crippen molar-refractivity contribution in [2.75, 3.05) is 0 Å². The third-order valence-electron chi connectivity index (χ3n) is 5.23. The minimum absolute atomic E-state index is 0.0418. The number of carbonyl (C=O) groups is 1. The van der Waals surface area contributed by atoms with Gasteiger partial charge in [-0.1, -0.05) is 57.9 Å². The SMILES string of the molecule is O=C(c1ccc(Cl)cc1)[C@@H]1Oc2ccccc2[C@@H]2CC(c3ccc(Br)cc3)=NN12. The molecule has 4 nitrogen and oxygen atoms in total. The lowest BCUT2D eigenvalue weighted by Gasteiger charge is -2.37. The lowest BCUT2D eigenvalue weighted by Crippen LogP contribution is -2.45. The van der Waals surface area contributed by atoms with Gasteiger partial charge in [0.1, 0.15) is 5.75 Å². The number of ketones is 1. The molecule has 5 rings (SSSR count). The molecule has 0 spiro atoms. The third-order valence-corrected chi connectivity index (χ3v) is 6.01. The van der Waals surface area contributed by atoms with Gasteiger partial charge in [-0.2, -0.15) is 5.10 Å². The van der Waals surface area contributed by atoms with Crippen LogP contribution in [0.1, 0.15) is 33.9 Å². The first-order valence-electron chi connectivity index (χ1n) is 9.27. The first-order chi connectivity index (χ1) is 14.1. The van der Waals surface area contributed by atoms with E-state index in [2.05, 4.69) is 15.9 Å². The number of nitrogens with zero attached hydrogens (tertiary/aromatic N) is 2. The third kappa shape index (κ3) is 3.34. The molecule has 6 heteroatoms. The number of hydrogen-bond donors (Lipinski definition) is 0. The molecular formula is C23H16BrClN2O2. The Labute approximate surface area is 181 Å².